The maximum absolute atomic E-state index is 12.5. The molecule has 0 spiro atoms. The Bertz CT molecular complexity index is 626. The highest BCUT2D eigenvalue weighted by molar-refractivity contribution is 5.70. The van der Waals surface area contributed by atoms with Gasteiger partial charge in [0.15, 0.2) is 0 Å². The fourth-order valence-corrected chi connectivity index (χ4v) is 3.85. The van der Waals surface area contributed by atoms with Crippen LogP contribution in [0.2, 0.25) is 0 Å². The first-order valence-electron chi connectivity index (χ1n) is 10.3. The second kappa shape index (κ2) is 11.9. The lowest BCUT2D eigenvalue weighted by molar-refractivity contribution is -0.109. The van der Waals surface area contributed by atoms with E-state index >= 15 is 0 Å². The van der Waals surface area contributed by atoms with Gasteiger partial charge < -0.3 is 19.2 Å². The second-order valence-electron chi connectivity index (χ2n) is 7.99. The number of carbonyl (C=O) groups is 2. The third-order valence-corrected chi connectivity index (χ3v) is 5.73. The number of methoxy groups -OCH3 is 1. The minimum Gasteiger partial charge on any atom is -0.444 e. The van der Waals surface area contributed by atoms with Gasteiger partial charge in [-0.3, -0.25) is 0 Å². The molecule has 1 aromatic rings. The molecule has 1 saturated carbocycles. The highest BCUT2D eigenvalue weighted by atomic mass is 16.6. The molecular formula is C22H35N3O4. The Morgan fingerprint density at radius 1 is 1.28 bits per heavy atom. The number of aldehydes is 1. The molecule has 0 unspecified atom stereocenters. The second-order valence-corrected chi connectivity index (χ2v) is 7.99. The van der Waals surface area contributed by atoms with E-state index < -0.39 is 6.09 Å². The lowest BCUT2D eigenvalue weighted by Gasteiger charge is -2.42. The molecule has 1 fully saturated rings. The van der Waals surface area contributed by atoms with Crippen molar-refractivity contribution in [2.45, 2.75) is 57.8 Å². The Morgan fingerprint density at radius 2 is 2.00 bits per heavy atom. The summed E-state index contributed by atoms with van der Waals surface area (Å²) >= 11 is 0. The molecule has 0 saturated heterocycles. The molecule has 0 aromatic heterocycles. The van der Waals surface area contributed by atoms with E-state index in [1.54, 1.807) is 7.11 Å². The van der Waals surface area contributed by atoms with Crippen molar-refractivity contribution in [3.63, 3.8) is 0 Å². The van der Waals surface area contributed by atoms with Gasteiger partial charge in [-0.2, -0.15) is 0 Å². The highest BCUT2D eigenvalue weighted by Crippen LogP contribution is 2.29. The van der Waals surface area contributed by atoms with Gasteiger partial charge in [0, 0.05) is 31.2 Å². The smallest absolute Gasteiger partial charge is 0.425 e. The minimum atomic E-state index is -0.543. The quantitative estimate of drug-likeness (QED) is 0.477. The van der Waals surface area contributed by atoms with Gasteiger partial charge in [0.2, 0.25) is 0 Å². The van der Waals surface area contributed by atoms with Crippen LogP contribution in [0.5, 0.6) is 0 Å². The van der Waals surface area contributed by atoms with Gasteiger partial charge in [-0.1, -0.05) is 30.3 Å². The number of hydrazine groups is 1. The van der Waals surface area contributed by atoms with Crippen molar-refractivity contribution < 1.29 is 19.1 Å². The first-order chi connectivity index (χ1) is 14.0. The predicted octanol–water partition coefficient (Wildman–Crippen LogP) is 2.85. The van der Waals surface area contributed by atoms with E-state index in [-0.39, 0.29) is 25.1 Å². The molecular weight excluding hydrogens is 370 g/mol. The Kier molecular flexibility index (Phi) is 9.57. The van der Waals surface area contributed by atoms with Crippen LogP contribution in [0.25, 0.3) is 0 Å². The molecule has 7 nitrogen and oxygen atoms in total. The molecule has 1 N–H and O–H groups in total. The average molecular weight is 406 g/mol. The topological polar surface area (TPSA) is 71.1 Å². The molecule has 1 aliphatic rings. The summed E-state index contributed by atoms with van der Waals surface area (Å²) in [7, 11) is 3.86. The molecule has 29 heavy (non-hydrogen) atoms. The van der Waals surface area contributed by atoms with Crippen molar-refractivity contribution in [2.24, 2.45) is 5.92 Å². The van der Waals surface area contributed by atoms with Crippen molar-refractivity contribution in [3.8, 4) is 0 Å². The third-order valence-electron chi connectivity index (χ3n) is 5.73. The largest absolute Gasteiger partial charge is 0.444 e. The summed E-state index contributed by atoms with van der Waals surface area (Å²) < 4.78 is 10.8. The zero-order chi connectivity index (χ0) is 21.2. The van der Waals surface area contributed by atoms with E-state index in [0.29, 0.717) is 25.0 Å². The minimum absolute atomic E-state index is 0.0518. The molecule has 162 valence electrons. The highest BCUT2D eigenvalue weighted by Gasteiger charge is 2.34. The summed E-state index contributed by atoms with van der Waals surface area (Å²) in [6.07, 6.45) is 3.07. The van der Waals surface area contributed by atoms with Crippen molar-refractivity contribution in [1.29, 1.82) is 0 Å². The van der Waals surface area contributed by atoms with Crippen LogP contribution in [0.1, 0.15) is 38.7 Å². The van der Waals surface area contributed by atoms with Crippen LogP contribution in [-0.4, -0.2) is 67.7 Å². The Balaban J connectivity index is 1.98. The van der Waals surface area contributed by atoms with Crippen LogP contribution in [0.3, 0.4) is 0 Å². The zero-order valence-electron chi connectivity index (χ0n) is 18.0. The van der Waals surface area contributed by atoms with Gasteiger partial charge >= 0.3 is 6.09 Å². The predicted molar refractivity (Wildman–Crippen MR) is 112 cm³/mol. The molecule has 3 atom stereocenters. The maximum Gasteiger partial charge on any atom is 0.425 e. The number of carbonyl (C=O) groups excluding carboxylic acids is 2. The molecule has 0 heterocycles. The number of nitrogens with zero attached hydrogens (tertiary/aromatic N) is 2. The average Bonchev–Trinajstić information content (AvgIpc) is 2.73. The van der Waals surface area contributed by atoms with E-state index in [0.717, 1.165) is 24.8 Å². The molecule has 2 rings (SSSR count). The maximum atomic E-state index is 12.5. The summed E-state index contributed by atoms with van der Waals surface area (Å²) in [5.74, 6) is 0.246. The molecule has 0 radical (unpaired) electrons. The van der Waals surface area contributed by atoms with Gasteiger partial charge in [0.05, 0.1) is 13.2 Å². The van der Waals surface area contributed by atoms with Crippen molar-refractivity contribution in [1.82, 2.24) is 15.3 Å². The van der Waals surface area contributed by atoms with E-state index in [4.69, 9.17) is 9.47 Å². The first kappa shape index (κ1) is 23.3. The van der Waals surface area contributed by atoms with Crippen LogP contribution in [-0.2, 0) is 20.9 Å². The van der Waals surface area contributed by atoms with Gasteiger partial charge in [-0.25, -0.2) is 15.2 Å². The molecule has 7 heteroatoms. The number of benzene rings is 1. The van der Waals surface area contributed by atoms with E-state index in [1.165, 1.54) is 5.01 Å². The van der Waals surface area contributed by atoms with Gasteiger partial charge in [-0.15, -0.1) is 0 Å². The Morgan fingerprint density at radius 3 is 2.62 bits per heavy atom. The summed E-state index contributed by atoms with van der Waals surface area (Å²) in [5, 5.41) is 1.29. The molecule has 0 bridgehead atoms. The number of rotatable bonds is 10. The normalized spacial score (nSPS) is 21.9. The number of hydrogen-bond donors (Lipinski definition) is 1. The third kappa shape index (κ3) is 7.10. The molecule has 1 aromatic carbocycles. The molecule has 1 aliphatic carbocycles. The number of nitrogens with one attached hydrogen (secondary N) is 1. The van der Waals surface area contributed by atoms with E-state index in [1.807, 2.05) is 30.3 Å². The fourth-order valence-electron chi connectivity index (χ4n) is 3.85. The number of hydrogen-bond acceptors (Lipinski definition) is 6. The fraction of sp³-hybridized carbons (Fsp3) is 0.636. The lowest BCUT2D eigenvalue weighted by atomic mass is 9.81. The van der Waals surface area contributed by atoms with Crippen LogP contribution in [0.15, 0.2) is 30.3 Å². The van der Waals surface area contributed by atoms with Gasteiger partial charge in [-0.05, 0) is 45.7 Å². The monoisotopic (exact) mass is 405 g/mol. The van der Waals surface area contributed by atoms with Crippen LogP contribution < -0.4 is 5.43 Å². The SMILES string of the molecule is COC[C@@H]1C[C@H](N(C)C(C)C)CC[C@@H]1NN(CC=O)C(=O)OCc1ccccc1. The van der Waals surface area contributed by atoms with Crippen LogP contribution in [0.4, 0.5) is 4.79 Å². The number of ether oxygens (including phenoxy) is 2. The molecule has 1 amide bonds. The van der Waals surface area contributed by atoms with Crippen molar-refractivity contribution in [2.75, 3.05) is 27.3 Å². The van der Waals surface area contributed by atoms with E-state index in [9.17, 15) is 9.59 Å². The van der Waals surface area contributed by atoms with Crippen LogP contribution >= 0.6 is 0 Å². The lowest BCUT2D eigenvalue weighted by Crippen LogP contribution is -2.56. The Hall–Kier alpha value is -1.96. The molecule has 0 aliphatic heterocycles. The summed E-state index contributed by atoms with van der Waals surface area (Å²) in [4.78, 5) is 26.1. The standard InChI is InChI=1S/C22H35N3O4/c1-17(2)24(3)20-10-11-21(19(14-20)16-28-4)23-25(12-13-26)22(27)29-15-18-8-6-5-7-9-18/h5-9,13,17,19-21,23H,10-12,14-16H2,1-4H3/t19-,20+,21-/m0/s1. The summed E-state index contributed by atoms with van der Waals surface area (Å²) in [5.41, 5.74) is 4.15. The summed E-state index contributed by atoms with van der Waals surface area (Å²) in [6, 6.07) is 10.5. The zero-order valence-corrected chi connectivity index (χ0v) is 18.0. The van der Waals surface area contributed by atoms with Crippen LogP contribution in [0, 0.1) is 5.92 Å². The number of amides is 1. The van der Waals surface area contributed by atoms with Gasteiger partial charge in [0.1, 0.15) is 12.9 Å². The first-order valence-corrected chi connectivity index (χ1v) is 10.3. The van der Waals surface area contributed by atoms with Gasteiger partial charge in [0.25, 0.3) is 0 Å². The van der Waals surface area contributed by atoms with Crippen molar-refractivity contribution >= 4 is 12.4 Å². The summed E-state index contributed by atoms with van der Waals surface area (Å²) in [6.45, 7) is 5.12. The Labute approximate surface area is 174 Å². The van der Waals surface area contributed by atoms with Crippen molar-refractivity contribution in [3.05, 3.63) is 35.9 Å². The van der Waals surface area contributed by atoms with E-state index in [2.05, 4.69) is 31.2 Å².